The van der Waals surface area contributed by atoms with Gasteiger partial charge in [0.05, 0.1) is 12.6 Å². The summed E-state index contributed by atoms with van der Waals surface area (Å²) in [5.41, 5.74) is 1.78. The number of nitrogens with zero attached hydrogens (tertiary/aromatic N) is 2. The average molecular weight is 287 g/mol. The van der Waals surface area contributed by atoms with Crippen LogP contribution in [0.25, 0.3) is 10.9 Å². The van der Waals surface area contributed by atoms with Crippen LogP contribution < -0.4 is 10.1 Å². The zero-order valence-electron chi connectivity index (χ0n) is 11.7. The number of hydrogen-bond acceptors (Lipinski definition) is 4. The predicted octanol–water partition coefficient (Wildman–Crippen LogP) is 2.41. The van der Waals surface area contributed by atoms with Crippen LogP contribution >= 0.6 is 0 Å². The minimum absolute atomic E-state index is 0.108. The Morgan fingerprint density at radius 1 is 1.52 bits per heavy atom. The maximum atomic E-state index is 11.0. The third-order valence-corrected chi connectivity index (χ3v) is 3.75. The minimum Gasteiger partial charge on any atom is -0.497 e. The second kappa shape index (κ2) is 5.47. The van der Waals surface area contributed by atoms with Crippen LogP contribution in [-0.2, 0) is 0 Å². The largest absolute Gasteiger partial charge is 0.497 e. The highest BCUT2D eigenvalue weighted by Gasteiger charge is 2.26. The molecule has 21 heavy (non-hydrogen) atoms. The van der Waals surface area contributed by atoms with Gasteiger partial charge in [0, 0.05) is 48.5 Å². The maximum absolute atomic E-state index is 11.0. The number of amides is 1. The number of likely N-dealkylation sites (tertiary alicyclic amines) is 1. The van der Waals surface area contributed by atoms with E-state index < -0.39 is 6.09 Å². The monoisotopic (exact) mass is 287 g/mol. The van der Waals surface area contributed by atoms with Gasteiger partial charge in [-0.1, -0.05) is 0 Å². The van der Waals surface area contributed by atoms with Crippen LogP contribution in [0.15, 0.2) is 30.5 Å². The Morgan fingerprint density at radius 2 is 2.38 bits per heavy atom. The molecular formula is C15H17N3O3. The molecule has 0 bridgehead atoms. The van der Waals surface area contributed by atoms with E-state index in [4.69, 9.17) is 9.84 Å². The zero-order chi connectivity index (χ0) is 14.8. The lowest BCUT2D eigenvalue weighted by atomic mass is 10.1. The van der Waals surface area contributed by atoms with Gasteiger partial charge in [0.2, 0.25) is 0 Å². The van der Waals surface area contributed by atoms with Gasteiger partial charge in [-0.25, -0.2) is 4.79 Å². The highest BCUT2D eigenvalue weighted by molar-refractivity contribution is 5.92. The van der Waals surface area contributed by atoms with Gasteiger partial charge in [0.15, 0.2) is 0 Å². The van der Waals surface area contributed by atoms with E-state index in [0.29, 0.717) is 13.1 Å². The molecule has 3 rings (SSSR count). The van der Waals surface area contributed by atoms with Gasteiger partial charge in [-0.15, -0.1) is 0 Å². The van der Waals surface area contributed by atoms with Crippen LogP contribution in [0.4, 0.5) is 10.5 Å². The van der Waals surface area contributed by atoms with E-state index in [2.05, 4.69) is 10.3 Å². The number of rotatable bonds is 3. The molecule has 1 fully saturated rings. The minimum atomic E-state index is -0.864. The van der Waals surface area contributed by atoms with Gasteiger partial charge in [-0.3, -0.25) is 4.98 Å². The standard InChI is InChI=1S/C15H17N3O3/c1-21-11-7-13-12(3-2-5-16-13)14(8-11)17-10-4-6-18(9-10)15(19)20/h2-3,5,7-8,10,17H,4,6,9H2,1H3,(H,19,20). The summed E-state index contributed by atoms with van der Waals surface area (Å²) in [6, 6.07) is 7.80. The summed E-state index contributed by atoms with van der Waals surface area (Å²) in [5.74, 6) is 0.733. The number of pyridine rings is 1. The highest BCUT2D eigenvalue weighted by Crippen LogP contribution is 2.29. The molecule has 2 N–H and O–H groups in total. The molecule has 1 atom stereocenters. The Labute approximate surface area is 122 Å². The first-order chi connectivity index (χ1) is 10.2. The molecule has 6 nitrogen and oxygen atoms in total. The van der Waals surface area contributed by atoms with Crippen molar-refractivity contribution in [3.63, 3.8) is 0 Å². The molecule has 1 aromatic carbocycles. The molecule has 1 unspecified atom stereocenters. The fourth-order valence-electron chi connectivity index (χ4n) is 2.67. The summed E-state index contributed by atoms with van der Waals surface area (Å²) in [6.45, 7) is 1.06. The van der Waals surface area contributed by atoms with Crippen LogP contribution in [0.1, 0.15) is 6.42 Å². The van der Waals surface area contributed by atoms with Crippen molar-refractivity contribution < 1.29 is 14.6 Å². The molecule has 1 saturated heterocycles. The van der Waals surface area contributed by atoms with Gasteiger partial charge in [0.25, 0.3) is 0 Å². The quantitative estimate of drug-likeness (QED) is 0.906. The number of hydrogen-bond donors (Lipinski definition) is 2. The predicted molar refractivity (Wildman–Crippen MR) is 79.9 cm³/mol. The molecular weight excluding hydrogens is 270 g/mol. The summed E-state index contributed by atoms with van der Waals surface area (Å²) in [4.78, 5) is 16.8. The van der Waals surface area contributed by atoms with E-state index in [9.17, 15) is 4.79 Å². The van der Waals surface area contributed by atoms with Gasteiger partial charge in [-0.2, -0.15) is 0 Å². The lowest BCUT2D eigenvalue weighted by molar-refractivity contribution is 0.155. The van der Waals surface area contributed by atoms with Crippen molar-refractivity contribution in [1.82, 2.24) is 9.88 Å². The number of anilines is 1. The average Bonchev–Trinajstić information content (AvgIpc) is 2.96. The first-order valence-electron chi connectivity index (χ1n) is 6.84. The fraction of sp³-hybridized carbons (Fsp3) is 0.333. The van der Waals surface area contributed by atoms with Crippen molar-refractivity contribution in [1.29, 1.82) is 0 Å². The third-order valence-electron chi connectivity index (χ3n) is 3.75. The van der Waals surface area contributed by atoms with E-state index in [1.165, 1.54) is 4.90 Å². The molecule has 1 amide bonds. The van der Waals surface area contributed by atoms with Crippen LogP contribution in [0, 0.1) is 0 Å². The molecule has 1 aliphatic rings. The van der Waals surface area contributed by atoms with E-state index in [1.54, 1.807) is 13.3 Å². The second-order valence-corrected chi connectivity index (χ2v) is 5.10. The van der Waals surface area contributed by atoms with Crippen LogP contribution in [0.2, 0.25) is 0 Å². The molecule has 110 valence electrons. The van der Waals surface area contributed by atoms with E-state index >= 15 is 0 Å². The van der Waals surface area contributed by atoms with Gasteiger partial charge in [-0.05, 0) is 18.6 Å². The van der Waals surface area contributed by atoms with Crippen molar-refractivity contribution in [3.05, 3.63) is 30.5 Å². The van der Waals surface area contributed by atoms with Crippen molar-refractivity contribution in [2.45, 2.75) is 12.5 Å². The molecule has 2 heterocycles. The number of fused-ring (bicyclic) bond motifs is 1. The second-order valence-electron chi connectivity index (χ2n) is 5.10. The summed E-state index contributed by atoms with van der Waals surface area (Å²) in [7, 11) is 1.62. The smallest absolute Gasteiger partial charge is 0.407 e. The van der Waals surface area contributed by atoms with Crippen molar-refractivity contribution in [3.8, 4) is 5.75 Å². The van der Waals surface area contributed by atoms with E-state index in [1.807, 2.05) is 24.3 Å². The summed E-state index contributed by atoms with van der Waals surface area (Å²) >= 11 is 0. The molecule has 1 aromatic heterocycles. The van der Waals surface area contributed by atoms with Crippen molar-refractivity contribution >= 4 is 22.7 Å². The number of ether oxygens (including phenoxy) is 1. The zero-order valence-corrected chi connectivity index (χ0v) is 11.7. The van der Waals surface area contributed by atoms with Crippen molar-refractivity contribution in [2.24, 2.45) is 0 Å². The topological polar surface area (TPSA) is 74.7 Å². The molecule has 0 radical (unpaired) electrons. The maximum Gasteiger partial charge on any atom is 0.407 e. The van der Waals surface area contributed by atoms with Crippen LogP contribution in [-0.4, -0.2) is 47.3 Å². The van der Waals surface area contributed by atoms with Gasteiger partial charge < -0.3 is 20.1 Å². The number of methoxy groups -OCH3 is 1. The van der Waals surface area contributed by atoms with E-state index in [0.717, 1.165) is 28.8 Å². The van der Waals surface area contributed by atoms with Crippen LogP contribution in [0.3, 0.4) is 0 Å². The highest BCUT2D eigenvalue weighted by atomic mass is 16.5. The molecule has 0 saturated carbocycles. The molecule has 6 heteroatoms. The lowest BCUT2D eigenvalue weighted by Gasteiger charge is -2.17. The Hall–Kier alpha value is -2.50. The molecule has 0 aliphatic carbocycles. The number of aromatic nitrogens is 1. The summed E-state index contributed by atoms with van der Waals surface area (Å²) in [6.07, 6.45) is 1.68. The summed E-state index contributed by atoms with van der Waals surface area (Å²) < 4.78 is 5.30. The lowest BCUT2D eigenvalue weighted by Crippen LogP contribution is -2.30. The SMILES string of the molecule is COc1cc(NC2CCN(C(=O)O)C2)c2cccnc2c1. The Balaban J connectivity index is 1.88. The number of carboxylic acid groups (broad SMARTS) is 1. The Morgan fingerprint density at radius 3 is 3.10 bits per heavy atom. The van der Waals surface area contributed by atoms with Gasteiger partial charge in [0.1, 0.15) is 5.75 Å². The number of carbonyl (C=O) groups is 1. The number of nitrogens with one attached hydrogen (secondary N) is 1. The molecule has 1 aliphatic heterocycles. The Bertz CT molecular complexity index is 674. The first-order valence-corrected chi connectivity index (χ1v) is 6.84. The normalized spacial score (nSPS) is 18.0. The number of benzene rings is 1. The van der Waals surface area contributed by atoms with Gasteiger partial charge >= 0.3 is 6.09 Å². The van der Waals surface area contributed by atoms with Crippen LogP contribution in [0.5, 0.6) is 5.75 Å². The summed E-state index contributed by atoms with van der Waals surface area (Å²) in [5, 5.41) is 13.4. The first kappa shape index (κ1) is 13.5. The fourth-order valence-corrected chi connectivity index (χ4v) is 2.67. The van der Waals surface area contributed by atoms with E-state index in [-0.39, 0.29) is 6.04 Å². The molecule has 0 spiro atoms. The molecule has 2 aromatic rings. The third kappa shape index (κ3) is 2.69. The Kier molecular flexibility index (Phi) is 3.51. The van der Waals surface area contributed by atoms with Crippen molar-refractivity contribution in [2.75, 3.05) is 25.5 Å².